The fourth-order valence-electron chi connectivity index (χ4n) is 2.76. The number of rotatable bonds is 5. The average Bonchev–Trinajstić information content (AvgIpc) is 2.93. The molecule has 1 saturated carbocycles. The van der Waals surface area contributed by atoms with E-state index in [2.05, 4.69) is 21.4 Å². The van der Waals surface area contributed by atoms with Gasteiger partial charge in [-0.05, 0) is 44.3 Å². The number of hydrogen-bond donors (Lipinski definition) is 1. The van der Waals surface area contributed by atoms with Crippen LogP contribution in [0.3, 0.4) is 0 Å². The standard InChI is InChI=1S/C13H22N4/c1-16-6-5-12(15-16)9-14-8-11-4-7-17(10-11)13-2-3-13/h5-6,11,13-14H,2-4,7-10H2,1H3. The second-order valence-electron chi connectivity index (χ2n) is 5.49. The van der Waals surface area contributed by atoms with Gasteiger partial charge < -0.3 is 10.2 Å². The molecule has 0 aromatic carbocycles. The minimum Gasteiger partial charge on any atom is -0.311 e. The van der Waals surface area contributed by atoms with Crippen molar-refractivity contribution in [2.24, 2.45) is 13.0 Å². The number of aromatic nitrogens is 2. The molecule has 0 amide bonds. The fourth-order valence-corrected chi connectivity index (χ4v) is 2.76. The van der Waals surface area contributed by atoms with Gasteiger partial charge in [0.25, 0.3) is 0 Å². The van der Waals surface area contributed by atoms with Crippen LogP contribution in [0.25, 0.3) is 0 Å². The number of aryl methyl sites for hydroxylation is 1. The van der Waals surface area contributed by atoms with Crippen LogP contribution < -0.4 is 5.32 Å². The zero-order chi connectivity index (χ0) is 11.7. The Morgan fingerprint density at radius 3 is 3.00 bits per heavy atom. The Balaban J connectivity index is 1.37. The van der Waals surface area contributed by atoms with E-state index in [4.69, 9.17) is 0 Å². The van der Waals surface area contributed by atoms with Gasteiger partial charge in [0.15, 0.2) is 0 Å². The van der Waals surface area contributed by atoms with E-state index in [1.165, 1.54) is 32.4 Å². The lowest BCUT2D eigenvalue weighted by atomic mass is 10.1. The minimum atomic E-state index is 0.847. The van der Waals surface area contributed by atoms with E-state index in [-0.39, 0.29) is 0 Å². The molecule has 3 rings (SSSR count). The third-order valence-electron chi connectivity index (χ3n) is 3.89. The normalized spacial score (nSPS) is 25.6. The lowest BCUT2D eigenvalue weighted by Gasteiger charge is -2.14. The van der Waals surface area contributed by atoms with Crippen molar-refractivity contribution in [1.82, 2.24) is 20.0 Å². The first-order valence-corrected chi connectivity index (χ1v) is 6.74. The summed E-state index contributed by atoms with van der Waals surface area (Å²) in [6.45, 7) is 4.67. The zero-order valence-corrected chi connectivity index (χ0v) is 10.6. The van der Waals surface area contributed by atoms with E-state index < -0.39 is 0 Å². The maximum Gasteiger partial charge on any atom is 0.0762 e. The number of nitrogens with one attached hydrogen (secondary N) is 1. The maximum atomic E-state index is 4.37. The molecule has 2 fully saturated rings. The zero-order valence-electron chi connectivity index (χ0n) is 10.6. The van der Waals surface area contributed by atoms with Crippen molar-refractivity contribution in [3.8, 4) is 0 Å². The molecular formula is C13H22N4. The lowest BCUT2D eigenvalue weighted by molar-refractivity contribution is 0.311. The van der Waals surface area contributed by atoms with Crippen LogP contribution >= 0.6 is 0 Å². The Hall–Kier alpha value is -0.870. The van der Waals surface area contributed by atoms with Gasteiger partial charge in [0, 0.05) is 32.4 Å². The Morgan fingerprint density at radius 2 is 2.29 bits per heavy atom. The first kappa shape index (κ1) is 11.2. The molecule has 0 bridgehead atoms. The predicted octanol–water partition coefficient (Wildman–Crippen LogP) is 0.994. The van der Waals surface area contributed by atoms with E-state index in [1.54, 1.807) is 0 Å². The topological polar surface area (TPSA) is 33.1 Å². The van der Waals surface area contributed by atoms with Crippen molar-refractivity contribution in [2.45, 2.75) is 31.8 Å². The fraction of sp³-hybridized carbons (Fsp3) is 0.769. The van der Waals surface area contributed by atoms with E-state index in [1.807, 2.05) is 17.9 Å². The Kier molecular flexibility index (Phi) is 3.16. The third kappa shape index (κ3) is 2.87. The van der Waals surface area contributed by atoms with Crippen molar-refractivity contribution in [1.29, 1.82) is 0 Å². The Morgan fingerprint density at radius 1 is 1.41 bits per heavy atom. The molecule has 2 heterocycles. The van der Waals surface area contributed by atoms with Gasteiger partial charge in [-0.1, -0.05) is 0 Å². The summed E-state index contributed by atoms with van der Waals surface area (Å²) >= 11 is 0. The molecule has 1 saturated heterocycles. The first-order chi connectivity index (χ1) is 8.31. The van der Waals surface area contributed by atoms with Crippen LogP contribution in [0.1, 0.15) is 25.0 Å². The van der Waals surface area contributed by atoms with Crippen LogP contribution in [0, 0.1) is 5.92 Å². The molecule has 2 aliphatic rings. The molecule has 0 radical (unpaired) electrons. The minimum absolute atomic E-state index is 0.847. The Bertz CT molecular complexity index is 369. The molecule has 4 heteroatoms. The highest BCUT2D eigenvalue weighted by Gasteiger charge is 2.33. The highest BCUT2D eigenvalue weighted by atomic mass is 15.3. The van der Waals surface area contributed by atoms with Crippen molar-refractivity contribution in [2.75, 3.05) is 19.6 Å². The third-order valence-corrected chi connectivity index (χ3v) is 3.89. The molecule has 4 nitrogen and oxygen atoms in total. The van der Waals surface area contributed by atoms with Crippen molar-refractivity contribution in [3.63, 3.8) is 0 Å². The van der Waals surface area contributed by atoms with Gasteiger partial charge in [0.1, 0.15) is 0 Å². The van der Waals surface area contributed by atoms with Crippen molar-refractivity contribution in [3.05, 3.63) is 18.0 Å². The van der Waals surface area contributed by atoms with Gasteiger partial charge in [-0.25, -0.2) is 0 Å². The molecule has 0 spiro atoms. The monoisotopic (exact) mass is 234 g/mol. The van der Waals surface area contributed by atoms with E-state index in [0.29, 0.717) is 0 Å². The van der Waals surface area contributed by atoms with Gasteiger partial charge in [-0.15, -0.1) is 0 Å². The second-order valence-corrected chi connectivity index (χ2v) is 5.49. The summed E-state index contributed by atoms with van der Waals surface area (Å²) < 4.78 is 1.86. The van der Waals surface area contributed by atoms with Crippen LogP contribution in [0.5, 0.6) is 0 Å². The van der Waals surface area contributed by atoms with Gasteiger partial charge in [0.05, 0.1) is 5.69 Å². The molecule has 1 atom stereocenters. The van der Waals surface area contributed by atoms with Gasteiger partial charge >= 0.3 is 0 Å². The smallest absolute Gasteiger partial charge is 0.0762 e. The quantitative estimate of drug-likeness (QED) is 0.825. The molecule has 1 aromatic heterocycles. The molecular weight excluding hydrogens is 212 g/mol. The summed E-state index contributed by atoms with van der Waals surface area (Å²) in [6, 6.07) is 3.02. The van der Waals surface area contributed by atoms with Crippen LogP contribution in [-0.4, -0.2) is 40.4 Å². The molecule has 1 aliphatic heterocycles. The van der Waals surface area contributed by atoms with E-state index in [9.17, 15) is 0 Å². The number of nitrogens with zero attached hydrogens (tertiary/aromatic N) is 3. The van der Waals surface area contributed by atoms with Crippen LogP contribution in [0.15, 0.2) is 12.3 Å². The van der Waals surface area contributed by atoms with Crippen LogP contribution in [0.2, 0.25) is 0 Å². The summed E-state index contributed by atoms with van der Waals surface area (Å²) in [5, 5.41) is 7.91. The highest BCUT2D eigenvalue weighted by molar-refractivity contribution is 4.98. The number of likely N-dealkylation sites (tertiary alicyclic amines) is 1. The van der Waals surface area contributed by atoms with Gasteiger partial charge in [-0.3, -0.25) is 4.68 Å². The summed E-state index contributed by atoms with van der Waals surface area (Å²) in [5.41, 5.74) is 1.14. The maximum absolute atomic E-state index is 4.37. The summed E-state index contributed by atoms with van der Waals surface area (Å²) in [4.78, 5) is 2.67. The van der Waals surface area contributed by atoms with Crippen LogP contribution in [-0.2, 0) is 13.6 Å². The summed E-state index contributed by atoms with van der Waals surface area (Å²) in [5.74, 6) is 0.847. The first-order valence-electron chi connectivity index (χ1n) is 6.74. The van der Waals surface area contributed by atoms with E-state index >= 15 is 0 Å². The average molecular weight is 234 g/mol. The highest BCUT2D eigenvalue weighted by Crippen LogP contribution is 2.31. The predicted molar refractivity (Wildman–Crippen MR) is 67.6 cm³/mol. The molecule has 1 aromatic rings. The Labute approximate surface area is 103 Å². The molecule has 1 aliphatic carbocycles. The molecule has 1 unspecified atom stereocenters. The summed E-state index contributed by atoms with van der Waals surface area (Å²) in [7, 11) is 1.97. The molecule has 17 heavy (non-hydrogen) atoms. The van der Waals surface area contributed by atoms with Gasteiger partial charge in [-0.2, -0.15) is 5.10 Å². The van der Waals surface area contributed by atoms with Gasteiger partial charge in [0.2, 0.25) is 0 Å². The molecule has 1 N–H and O–H groups in total. The van der Waals surface area contributed by atoms with Crippen molar-refractivity contribution < 1.29 is 0 Å². The molecule has 94 valence electrons. The second kappa shape index (κ2) is 4.78. The SMILES string of the molecule is Cn1ccc(CNCC2CCN(C3CC3)C2)n1. The number of hydrogen-bond acceptors (Lipinski definition) is 3. The summed E-state index contributed by atoms with van der Waals surface area (Å²) in [6.07, 6.45) is 6.25. The van der Waals surface area contributed by atoms with Crippen molar-refractivity contribution >= 4 is 0 Å². The largest absolute Gasteiger partial charge is 0.311 e. The van der Waals surface area contributed by atoms with Crippen LogP contribution in [0.4, 0.5) is 0 Å². The van der Waals surface area contributed by atoms with E-state index in [0.717, 1.165) is 30.7 Å². The lowest BCUT2D eigenvalue weighted by Crippen LogP contribution is -2.27.